The predicted molar refractivity (Wildman–Crippen MR) is 84.1 cm³/mol. The van der Waals surface area contributed by atoms with Gasteiger partial charge in [0.2, 0.25) is 0 Å². The molecule has 1 heteroatoms. The lowest BCUT2D eigenvalue weighted by atomic mass is 9.80. The quantitative estimate of drug-likeness (QED) is 0.610. The standard InChI is InChI=1S/C19H19N/c1-20-13-18(17-8-4-5-9-19(17)20)16-11-10-14-6-2-3-7-15(14)12-16/h2-9,13,16H,10-12H2,1H3. The Hall–Kier alpha value is -2.02. The average Bonchev–Trinajstić information content (AvgIpc) is 2.85. The van der Waals surface area contributed by atoms with Gasteiger partial charge in [-0.1, -0.05) is 42.5 Å². The third-order valence-electron chi connectivity index (χ3n) is 4.71. The molecule has 1 aliphatic carbocycles. The van der Waals surface area contributed by atoms with Crippen LogP contribution in [0.25, 0.3) is 10.9 Å². The van der Waals surface area contributed by atoms with Crippen LogP contribution in [0.15, 0.2) is 54.7 Å². The molecular weight excluding hydrogens is 242 g/mol. The maximum Gasteiger partial charge on any atom is 0.0480 e. The minimum atomic E-state index is 0.663. The Kier molecular flexibility index (Phi) is 2.66. The predicted octanol–water partition coefficient (Wildman–Crippen LogP) is 4.45. The second-order valence-electron chi connectivity index (χ2n) is 5.92. The third kappa shape index (κ3) is 1.77. The number of aromatic nitrogens is 1. The molecule has 0 saturated carbocycles. The fourth-order valence-corrected chi connectivity index (χ4v) is 3.66. The van der Waals surface area contributed by atoms with E-state index in [-0.39, 0.29) is 0 Å². The highest BCUT2D eigenvalue weighted by atomic mass is 14.9. The number of fused-ring (bicyclic) bond motifs is 2. The van der Waals surface area contributed by atoms with Crippen molar-refractivity contribution in [2.24, 2.45) is 7.05 Å². The number of aryl methyl sites for hydroxylation is 2. The van der Waals surface area contributed by atoms with E-state index < -0.39 is 0 Å². The summed E-state index contributed by atoms with van der Waals surface area (Å²) in [4.78, 5) is 0. The molecular formula is C19H19N. The number of para-hydroxylation sites is 1. The first-order valence-corrected chi connectivity index (χ1v) is 7.43. The van der Waals surface area contributed by atoms with Crippen LogP contribution in [-0.2, 0) is 19.9 Å². The molecule has 0 N–H and O–H groups in total. The molecule has 2 aromatic carbocycles. The normalized spacial score (nSPS) is 18.1. The van der Waals surface area contributed by atoms with Crippen molar-refractivity contribution in [2.75, 3.05) is 0 Å². The summed E-state index contributed by atoms with van der Waals surface area (Å²) >= 11 is 0. The first-order valence-electron chi connectivity index (χ1n) is 7.43. The van der Waals surface area contributed by atoms with Gasteiger partial charge in [0, 0.05) is 24.1 Å². The van der Waals surface area contributed by atoms with Crippen LogP contribution >= 0.6 is 0 Å². The second-order valence-corrected chi connectivity index (χ2v) is 5.92. The van der Waals surface area contributed by atoms with E-state index in [1.165, 1.54) is 41.3 Å². The van der Waals surface area contributed by atoms with Crippen LogP contribution in [0.4, 0.5) is 0 Å². The molecule has 1 aliphatic rings. The molecule has 1 atom stereocenters. The summed E-state index contributed by atoms with van der Waals surface area (Å²) in [5, 5.41) is 1.43. The summed E-state index contributed by atoms with van der Waals surface area (Å²) < 4.78 is 2.27. The average molecular weight is 261 g/mol. The molecule has 0 bridgehead atoms. The van der Waals surface area contributed by atoms with Crippen molar-refractivity contribution in [3.05, 3.63) is 71.4 Å². The molecule has 20 heavy (non-hydrogen) atoms. The zero-order valence-corrected chi connectivity index (χ0v) is 11.8. The van der Waals surface area contributed by atoms with Gasteiger partial charge < -0.3 is 4.57 Å². The van der Waals surface area contributed by atoms with Crippen LogP contribution in [0.1, 0.15) is 29.0 Å². The highest BCUT2D eigenvalue weighted by molar-refractivity contribution is 5.84. The summed E-state index contributed by atoms with van der Waals surface area (Å²) in [6, 6.07) is 17.7. The Bertz CT molecular complexity index is 766. The molecule has 0 spiro atoms. The van der Waals surface area contributed by atoms with Crippen molar-refractivity contribution in [1.82, 2.24) is 4.57 Å². The molecule has 100 valence electrons. The van der Waals surface area contributed by atoms with Gasteiger partial charge in [-0.25, -0.2) is 0 Å². The van der Waals surface area contributed by atoms with Gasteiger partial charge in [-0.3, -0.25) is 0 Å². The van der Waals surface area contributed by atoms with Crippen molar-refractivity contribution in [1.29, 1.82) is 0 Å². The zero-order chi connectivity index (χ0) is 13.5. The van der Waals surface area contributed by atoms with E-state index in [0.29, 0.717) is 5.92 Å². The topological polar surface area (TPSA) is 4.93 Å². The van der Waals surface area contributed by atoms with Gasteiger partial charge in [-0.05, 0) is 47.9 Å². The molecule has 3 aromatic rings. The van der Waals surface area contributed by atoms with Gasteiger partial charge in [-0.2, -0.15) is 0 Å². The van der Waals surface area contributed by atoms with E-state index in [0.717, 1.165) is 0 Å². The Morgan fingerprint density at radius 2 is 1.70 bits per heavy atom. The van der Waals surface area contributed by atoms with Gasteiger partial charge in [0.25, 0.3) is 0 Å². The summed E-state index contributed by atoms with van der Waals surface area (Å²) in [5.74, 6) is 0.663. The van der Waals surface area contributed by atoms with Crippen LogP contribution in [0.2, 0.25) is 0 Å². The van der Waals surface area contributed by atoms with Gasteiger partial charge in [0.1, 0.15) is 0 Å². The minimum Gasteiger partial charge on any atom is -0.350 e. The third-order valence-corrected chi connectivity index (χ3v) is 4.71. The molecule has 4 rings (SSSR count). The van der Waals surface area contributed by atoms with Gasteiger partial charge in [0.05, 0.1) is 0 Å². The summed E-state index contributed by atoms with van der Waals surface area (Å²) in [7, 11) is 2.16. The minimum absolute atomic E-state index is 0.663. The Morgan fingerprint density at radius 1 is 0.950 bits per heavy atom. The lowest BCUT2D eigenvalue weighted by molar-refractivity contribution is 0.587. The lowest BCUT2D eigenvalue weighted by Gasteiger charge is -2.24. The van der Waals surface area contributed by atoms with Crippen molar-refractivity contribution in [2.45, 2.75) is 25.2 Å². The molecule has 0 fully saturated rings. The van der Waals surface area contributed by atoms with E-state index in [1.54, 1.807) is 5.56 Å². The Morgan fingerprint density at radius 3 is 2.60 bits per heavy atom. The first-order chi connectivity index (χ1) is 9.83. The van der Waals surface area contributed by atoms with Crippen molar-refractivity contribution in [3.63, 3.8) is 0 Å². The Balaban J connectivity index is 1.78. The summed E-state index contributed by atoms with van der Waals surface area (Å²) in [5.41, 5.74) is 5.96. The molecule has 0 amide bonds. The van der Waals surface area contributed by atoms with Crippen molar-refractivity contribution < 1.29 is 0 Å². The zero-order valence-electron chi connectivity index (χ0n) is 11.8. The van der Waals surface area contributed by atoms with E-state index >= 15 is 0 Å². The number of rotatable bonds is 1. The van der Waals surface area contributed by atoms with E-state index in [2.05, 4.69) is 66.3 Å². The molecule has 1 heterocycles. The lowest BCUT2D eigenvalue weighted by Crippen LogP contribution is -2.12. The molecule has 0 aliphatic heterocycles. The number of benzene rings is 2. The van der Waals surface area contributed by atoms with Crippen LogP contribution in [0.5, 0.6) is 0 Å². The van der Waals surface area contributed by atoms with Crippen molar-refractivity contribution in [3.8, 4) is 0 Å². The van der Waals surface area contributed by atoms with E-state index in [1.807, 2.05) is 0 Å². The Labute approximate surface area is 119 Å². The van der Waals surface area contributed by atoms with Crippen molar-refractivity contribution >= 4 is 10.9 Å². The number of hydrogen-bond donors (Lipinski definition) is 0. The smallest absolute Gasteiger partial charge is 0.0480 e. The number of nitrogens with zero attached hydrogens (tertiary/aromatic N) is 1. The van der Waals surface area contributed by atoms with Gasteiger partial charge in [-0.15, -0.1) is 0 Å². The SMILES string of the molecule is Cn1cc(C2CCc3ccccc3C2)c2ccccc21. The molecule has 1 nitrogen and oxygen atoms in total. The highest BCUT2D eigenvalue weighted by Crippen LogP contribution is 2.36. The summed E-state index contributed by atoms with van der Waals surface area (Å²) in [6.07, 6.45) is 6.00. The van der Waals surface area contributed by atoms with Crippen LogP contribution in [0, 0.1) is 0 Å². The van der Waals surface area contributed by atoms with E-state index in [4.69, 9.17) is 0 Å². The summed E-state index contributed by atoms with van der Waals surface area (Å²) in [6.45, 7) is 0. The monoisotopic (exact) mass is 261 g/mol. The molecule has 1 aromatic heterocycles. The first kappa shape index (κ1) is 11.8. The molecule has 0 saturated heterocycles. The second kappa shape index (κ2) is 4.52. The van der Waals surface area contributed by atoms with Crippen LogP contribution in [-0.4, -0.2) is 4.57 Å². The largest absolute Gasteiger partial charge is 0.350 e. The molecule has 0 radical (unpaired) electrons. The highest BCUT2D eigenvalue weighted by Gasteiger charge is 2.22. The molecule has 1 unspecified atom stereocenters. The van der Waals surface area contributed by atoms with E-state index in [9.17, 15) is 0 Å². The fraction of sp³-hybridized carbons (Fsp3) is 0.263. The maximum absolute atomic E-state index is 2.34. The van der Waals surface area contributed by atoms with Gasteiger partial charge in [0.15, 0.2) is 0 Å². The van der Waals surface area contributed by atoms with Gasteiger partial charge >= 0.3 is 0 Å². The fourth-order valence-electron chi connectivity index (χ4n) is 3.66. The maximum atomic E-state index is 2.34. The number of hydrogen-bond acceptors (Lipinski definition) is 0. The van der Waals surface area contributed by atoms with Crippen LogP contribution < -0.4 is 0 Å². The van der Waals surface area contributed by atoms with Crippen LogP contribution in [0.3, 0.4) is 0 Å².